The second-order valence-corrected chi connectivity index (χ2v) is 4.14. The van der Waals surface area contributed by atoms with Crippen molar-refractivity contribution in [3.63, 3.8) is 0 Å². The van der Waals surface area contributed by atoms with E-state index in [9.17, 15) is 4.79 Å². The normalized spacial score (nSPS) is 10.7. The SMILES string of the molecule is COc1nccc2cc(-c3cc(C(=O)O)on3)ccc12. The van der Waals surface area contributed by atoms with Crippen molar-refractivity contribution in [2.75, 3.05) is 7.11 Å². The number of aromatic nitrogens is 2. The summed E-state index contributed by atoms with van der Waals surface area (Å²) in [5.74, 6) is -0.789. The number of hydrogen-bond acceptors (Lipinski definition) is 5. The molecule has 0 spiro atoms. The molecule has 0 saturated heterocycles. The van der Waals surface area contributed by atoms with Crippen LogP contribution in [0.25, 0.3) is 22.0 Å². The molecule has 3 aromatic rings. The number of aromatic carboxylic acids is 1. The summed E-state index contributed by atoms with van der Waals surface area (Å²) < 4.78 is 9.94. The van der Waals surface area contributed by atoms with Crippen LogP contribution in [0, 0.1) is 0 Å². The Kier molecular flexibility index (Phi) is 2.83. The van der Waals surface area contributed by atoms with Gasteiger partial charge in [-0.25, -0.2) is 9.78 Å². The van der Waals surface area contributed by atoms with Gasteiger partial charge in [-0.15, -0.1) is 0 Å². The quantitative estimate of drug-likeness (QED) is 0.787. The lowest BCUT2D eigenvalue weighted by Gasteiger charge is -2.04. The number of ether oxygens (including phenoxy) is 1. The molecule has 0 aliphatic rings. The van der Waals surface area contributed by atoms with E-state index in [1.54, 1.807) is 13.3 Å². The molecular weight excluding hydrogens is 260 g/mol. The average molecular weight is 270 g/mol. The van der Waals surface area contributed by atoms with Crippen LogP contribution in [0.15, 0.2) is 41.1 Å². The van der Waals surface area contributed by atoms with E-state index in [0.717, 1.165) is 16.3 Å². The number of carbonyl (C=O) groups is 1. The first-order valence-corrected chi connectivity index (χ1v) is 5.82. The van der Waals surface area contributed by atoms with Gasteiger partial charge in [0.1, 0.15) is 5.69 Å². The molecule has 6 heteroatoms. The van der Waals surface area contributed by atoms with E-state index in [1.807, 2.05) is 24.3 Å². The van der Waals surface area contributed by atoms with Crippen molar-refractivity contribution in [3.8, 4) is 17.1 Å². The molecule has 0 amide bonds. The third-order valence-electron chi connectivity index (χ3n) is 2.94. The molecule has 100 valence electrons. The molecule has 0 bridgehead atoms. The molecule has 0 atom stereocenters. The first-order chi connectivity index (χ1) is 9.69. The van der Waals surface area contributed by atoms with Crippen LogP contribution in [0.3, 0.4) is 0 Å². The summed E-state index contributed by atoms with van der Waals surface area (Å²) in [7, 11) is 1.56. The van der Waals surface area contributed by atoms with Crippen LogP contribution in [0.4, 0.5) is 0 Å². The number of nitrogens with zero attached hydrogens (tertiary/aromatic N) is 2. The van der Waals surface area contributed by atoms with Gasteiger partial charge in [0.15, 0.2) is 0 Å². The van der Waals surface area contributed by atoms with Crippen molar-refractivity contribution in [2.45, 2.75) is 0 Å². The lowest BCUT2D eigenvalue weighted by atomic mass is 10.1. The Morgan fingerprint density at radius 1 is 1.30 bits per heavy atom. The Morgan fingerprint density at radius 2 is 2.15 bits per heavy atom. The Balaban J connectivity index is 2.10. The summed E-state index contributed by atoms with van der Waals surface area (Å²) in [5, 5.41) is 14.4. The zero-order chi connectivity index (χ0) is 14.1. The fourth-order valence-electron chi connectivity index (χ4n) is 1.98. The van der Waals surface area contributed by atoms with Gasteiger partial charge in [-0.3, -0.25) is 0 Å². The lowest BCUT2D eigenvalue weighted by molar-refractivity contribution is 0.0652. The number of pyridine rings is 1. The van der Waals surface area contributed by atoms with E-state index < -0.39 is 5.97 Å². The molecule has 1 aromatic carbocycles. The maximum Gasteiger partial charge on any atom is 0.374 e. The highest BCUT2D eigenvalue weighted by atomic mass is 16.5. The van der Waals surface area contributed by atoms with Gasteiger partial charge >= 0.3 is 5.97 Å². The Bertz CT molecular complexity index is 795. The number of methoxy groups -OCH3 is 1. The van der Waals surface area contributed by atoms with Gasteiger partial charge in [-0.1, -0.05) is 11.2 Å². The molecule has 0 saturated carbocycles. The summed E-state index contributed by atoms with van der Waals surface area (Å²) in [6, 6.07) is 8.78. The highest BCUT2D eigenvalue weighted by molar-refractivity contribution is 5.91. The second kappa shape index (κ2) is 4.65. The van der Waals surface area contributed by atoms with E-state index in [-0.39, 0.29) is 5.76 Å². The third-order valence-corrected chi connectivity index (χ3v) is 2.94. The predicted octanol–water partition coefficient (Wildman–Crippen LogP) is 2.60. The molecule has 0 radical (unpaired) electrons. The van der Waals surface area contributed by atoms with Crippen LogP contribution >= 0.6 is 0 Å². The van der Waals surface area contributed by atoms with Gasteiger partial charge in [-0.2, -0.15) is 0 Å². The van der Waals surface area contributed by atoms with E-state index in [2.05, 4.69) is 10.1 Å². The number of carboxylic acid groups (broad SMARTS) is 1. The van der Waals surface area contributed by atoms with Crippen molar-refractivity contribution in [3.05, 3.63) is 42.3 Å². The van der Waals surface area contributed by atoms with Gasteiger partial charge in [0, 0.05) is 23.2 Å². The first kappa shape index (κ1) is 12.2. The Morgan fingerprint density at radius 3 is 2.85 bits per heavy atom. The van der Waals surface area contributed by atoms with E-state index in [4.69, 9.17) is 14.4 Å². The fraction of sp³-hybridized carbons (Fsp3) is 0.0714. The van der Waals surface area contributed by atoms with Crippen molar-refractivity contribution in [1.29, 1.82) is 0 Å². The maximum atomic E-state index is 10.8. The Hall–Kier alpha value is -2.89. The van der Waals surface area contributed by atoms with Crippen LogP contribution in [0.5, 0.6) is 5.88 Å². The number of hydrogen-bond donors (Lipinski definition) is 1. The smallest absolute Gasteiger partial charge is 0.374 e. The van der Waals surface area contributed by atoms with Crippen molar-refractivity contribution < 1.29 is 19.2 Å². The zero-order valence-corrected chi connectivity index (χ0v) is 10.5. The van der Waals surface area contributed by atoms with Crippen LogP contribution in [0.2, 0.25) is 0 Å². The molecule has 20 heavy (non-hydrogen) atoms. The van der Waals surface area contributed by atoms with E-state index >= 15 is 0 Å². The Labute approximate surface area is 113 Å². The molecule has 0 aliphatic carbocycles. The lowest BCUT2D eigenvalue weighted by Crippen LogP contribution is -1.91. The van der Waals surface area contributed by atoms with Crippen LogP contribution in [0.1, 0.15) is 10.6 Å². The second-order valence-electron chi connectivity index (χ2n) is 4.14. The summed E-state index contributed by atoms with van der Waals surface area (Å²) in [5.41, 5.74) is 1.24. The van der Waals surface area contributed by atoms with Gasteiger partial charge < -0.3 is 14.4 Å². The maximum absolute atomic E-state index is 10.8. The van der Waals surface area contributed by atoms with Crippen molar-refractivity contribution >= 4 is 16.7 Å². The first-order valence-electron chi connectivity index (χ1n) is 5.82. The van der Waals surface area contributed by atoms with Crippen LogP contribution in [-0.2, 0) is 0 Å². The van der Waals surface area contributed by atoms with Gasteiger partial charge in [-0.05, 0) is 23.6 Å². The minimum atomic E-state index is -1.14. The highest BCUT2D eigenvalue weighted by Gasteiger charge is 2.13. The fourth-order valence-corrected chi connectivity index (χ4v) is 1.98. The minimum absolute atomic E-state index is 0.188. The molecule has 0 unspecified atom stereocenters. The summed E-state index contributed by atoms with van der Waals surface area (Å²) in [6.45, 7) is 0. The topological polar surface area (TPSA) is 85.5 Å². The number of fused-ring (bicyclic) bond motifs is 1. The standard InChI is InChI=1S/C14H10N2O4/c1-19-13-10-3-2-9(6-8(10)4-5-15-13)11-7-12(14(17)18)20-16-11/h2-7H,1H3,(H,17,18). The molecule has 0 fully saturated rings. The van der Waals surface area contributed by atoms with Crippen molar-refractivity contribution in [2.24, 2.45) is 0 Å². The predicted molar refractivity (Wildman–Crippen MR) is 70.8 cm³/mol. The molecule has 3 rings (SSSR count). The summed E-state index contributed by atoms with van der Waals surface area (Å²) >= 11 is 0. The number of carboxylic acids is 1. The molecule has 2 heterocycles. The van der Waals surface area contributed by atoms with E-state index in [1.165, 1.54) is 6.07 Å². The summed E-state index contributed by atoms with van der Waals surface area (Å²) in [4.78, 5) is 14.9. The zero-order valence-electron chi connectivity index (χ0n) is 10.5. The highest BCUT2D eigenvalue weighted by Crippen LogP contribution is 2.28. The van der Waals surface area contributed by atoms with Crippen molar-refractivity contribution in [1.82, 2.24) is 10.1 Å². The van der Waals surface area contributed by atoms with Crippen LogP contribution < -0.4 is 4.74 Å². The van der Waals surface area contributed by atoms with Gasteiger partial charge in [0.25, 0.3) is 0 Å². The minimum Gasteiger partial charge on any atom is -0.481 e. The van der Waals surface area contributed by atoms with Gasteiger partial charge in [0.05, 0.1) is 7.11 Å². The largest absolute Gasteiger partial charge is 0.481 e. The number of benzene rings is 1. The molecular formula is C14H10N2O4. The van der Waals surface area contributed by atoms with E-state index in [0.29, 0.717) is 11.6 Å². The number of rotatable bonds is 3. The monoisotopic (exact) mass is 270 g/mol. The molecule has 2 aromatic heterocycles. The van der Waals surface area contributed by atoms with Crippen LogP contribution in [-0.4, -0.2) is 28.3 Å². The molecule has 0 aliphatic heterocycles. The average Bonchev–Trinajstić information content (AvgIpc) is 2.96. The third kappa shape index (κ3) is 1.97. The molecule has 1 N–H and O–H groups in total. The summed E-state index contributed by atoms with van der Waals surface area (Å²) in [6.07, 6.45) is 1.65. The molecule has 6 nitrogen and oxygen atoms in total. The van der Waals surface area contributed by atoms with Gasteiger partial charge in [0.2, 0.25) is 11.6 Å².